The third-order valence-corrected chi connectivity index (χ3v) is 5.89. The van der Waals surface area contributed by atoms with Gasteiger partial charge in [0.1, 0.15) is 11.5 Å². The Labute approximate surface area is 203 Å². The molecule has 0 radical (unpaired) electrons. The minimum Gasteiger partial charge on any atom is -0.367 e. The third-order valence-electron chi connectivity index (χ3n) is 5.89. The number of nitrogens with zero attached hydrogens (tertiary/aromatic N) is 4. The van der Waals surface area contributed by atoms with E-state index in [0.29, 0.717) is 35.1 Å². The van der Waals surface area contributed by atoms with Gasteiger partial charge in [0.25, 0.3) is 5.56 Å². The zero-order valence-corrected chi connectivity index (χ0v) is 19.6. The van der Waals surface area contributed by atoms with Crippen LogP contribution in [-0.2, 0) is 6.54 Å². The number of fused-ring (bicyclic) bond motifs is 1. The van der Waals surface area contributed by atoms with Gasteiger partial charge >= 0.3 is 0 Å². The van der Waals surface area contributed by atoms with Crippen molar-refractivity contribution in [2.75, 3.05) is 36.4 Å². The lowest BCUT2D eigenvalue weighted by Crippen LogP contribution is -2.43. The molecule has 1 aliphatic heterocycles. The van der Waals surface area contributed by atoms with Crippen molar-refractivity contribution in [1.29, 1.82) is 0 Å². The first-order chi connectivity index (χ1) is 16.1. The second-order valence-corrected chi connectivity index (χ2v) is 7.97. The van der Waals surface area contributed by atoms with Gasteiger partial charge in [-0.15, -0.1) is 12.4 Å². The van der Waals surface area contributed by atoms with Crippen LogP contribution >= 0.6 is 12.4 Å². The second-order valence-electron chi connectivity index (χ2n) is 7.97. The van der Waals surface area contributed by atoms with Gasteiger partial charge in [-0.3, -0.25) is 9.36 Å². The summed E-state index contributed by atoms with van der Waals surface area (Å²) in [7, 11) is 0. The van der Waals surface area contributed by atoms with Crippen LogP contribution in [0.3, 0.4) is 0 Å². The van der Waals surface area contributed by atoms with Gasteiger partial charge in [-0.05, 0) is 36.8 Å². The highest BCUT2D eigenvalue weighted by atomic mass is 35.5. The van der Waals surface area contributed by atoms with Crippen LogP contribution in [-0.4, -0.2) is 40.7 Å². The van der Waals surface area contributed by atoms with Gasteiger partial charge in [0, 0.05) is 55.6 Å². The van der Waals surface area contributed by atoms with Crippen LogP contribution in [0, 0.1) is 5.82 Å². The molecule has 0 atom stereocenters. The van der Waals surface area contributed by atoms with Crippen molar-refractivity contribution in [3.63, 3.8) is 0 Å². The Morgan fingerprint density at radius 2 is 1.85 bits per heavy atom. The summed E-state index contributed by atoms with van der Waals surface area (Å²) in [6, 6.07) is 16.4. The molecule has 0 aliphatic carbocycles. The van der Waals surface area contributed by atoms with Crippen molar-refractivity contribution in [2.24, 2.45) is 0 Å². The summed E-state index contributed by atoms with van der Waals surface area (Å²) in [6.45, 7) is 5.62. The van der Waals surface area contributed by atoms with Gasteiger partial charge in [0.05, 0.1) is 5.69 Å². The largest absolute Gasteiger partial charge is 0.367 e. The van der Waals surface area contributed by atoms with Crippen molar-refractivity contribution in [1.82, 2.24) is 19.9 Å². The molecule has 1 fully saturated rings. The minimum absolute atomic E-state index is 0. The van der Waals surface area contributed by atoms with Crippen molar-refractivity contribution < 1.29 is 4.39 Å². The summed E-state index contributed by atoms with van der Waals surface area (Å²) in [6.07, 6.45) is 1.69. The molecule has 3 heterocycles. The molecule has 0 amide bonds. The lowest BCUT2D eigenvalue weighted by atomic mass is 10.1. The molecule has 4 aromatic rings. The molecule has 0 unspecified atom stereocenters. The Bertz CT molecular complexity index is 1360. The fraction of sp³-hybridized carbons (Fsp3) is 0.240. The van der Waals surface area contributed by atoms with Gasteiger partial charge in [-0.1, -0.05) is 30.3 Å². The fourth-order valence-electron chi connectivity index (χ4n) is 4.21. The number of piperazine rings is 1. The molecule has 7 nitrogen and oxygen atoms in total. The number of aromatic nitrogens is 3. The summed E-state index contributed by atoms with van der Waals surface area (Å²) in [5, 5.41) is 7.11. The Kier molecular flexibility index (Phi) is 7.09. The number of hydrogen-bond acceptors (Lipinski definition) is 6. The SMILES string of the molecule is CCn1c(=O)c(-c2ccccc2)cc2cnc(Nc3ccc(N4CCNCC4)c(F)c3)nc21.Cl. The lowest BCUT2D eigenvalue weighted by molar-refractivity contribution is 0.566. The predicted octanol–water partition coefficient (Wildman–Crippen LogP) is 4.19. The van der Waals surface area contributed by atoms with Crippen molar-refractivity contribution in [2.45, 2.75) is 13.5 Å². The monoisotopic (exact) mass is 480 g/mol. The van der Waals surface area contributed by atoms with E-state index >= 15 is 0 Å². The van der Waals surface area contributed by atoms with Crippen molar-refractivity contribution in [3.8, 4) is 11.1 Å². The van der Waals surface area contributed by atoms with Gasteiger partial charge < -0.3 is 15.5 Å². The zero-order valence-electron chi connectivity index (χ0n) is 18.8. The average molecular weight is 481 g/mol. The number of pyridine rings is 1. The number of rotatable bonds is 5. The van der Waals surface area contributed by atoms with Crippen molar-refractivity contribution >= 4 is 40.8 Å². The maximum Gasteiger partial charge on any atom is 0.260 e. The molecule has 0 saturated carbocycles. The number of anilines is 3. The van der Waals surface area contributed by atoms with E-state index in [1.54, 1.807) is 16.8 Å². The van der Waals surface area contributed by atoms with E-state index in [1.807, 2.05) is 54.3 Å². The quantitative estimate of drug-likeness (QED) is 0.446. The number of aryl methyl sites for hydroxylation is 1. The molecule has 2 aromatic heterocycles. The highest BCUT2D eigenvalue weighted by molar-refractivity contribution is 5.85. The normalized spacial score (nSPS) is 13.5. The van der Waals surface area contributed by atoms with Gasteiger partial charge in [-0.2, -0.15) is 4.98 Å². The van der Waals surface area contributed by atoms with Crippen LogP contribution in [0.5, 0.6) is 0 Å². The first-order valence-electron chi connectivity index (χ1n) is 11.1. The highest BCUT2D eigenvalue weighted by Gasteiger charge is 2.16. The molecular weight excluding hydrogens is 455 g/mol. The fourth-order valence-corrected chi connectivity index (χ4v) is 4.21. The van der Waals surface area contributed by atoms with Gasteiger partial charge in [0.15, 0.2) is 0 Å². The summed E-state index contributed by atoms with van der Waals surface area (Å²) in [5.74, 6) is 0.0199. The summed E-state index contributed by atoms with van der Waals surface area (Å²) in [5.41, 5.74) is 3.05. The van der Waals surface area contributed by atoms with Crippen LogP contribution < -0.4 is 21.1 Å². The Morgan fingerprint density at radius 1 is 1.09 bits per heavy atom. The molecule has 34 heavy (non-hydrogen) atoms. The van der Waals surface area contributed by atoms with E-state index in [9.17, 15) is 9.18 Å². The van der Waals surface area contributed by atoms with E-state index in [4.69, 9.17) is 0 Å². The van der Waals surface area contributed by atoms with E-state index < -0.39 is 0 Å². The van der Waals surface area contributed by atoms with E-state index in [-0.39, 0.29) is 23.8 Å². The predicted molar refractivity (Wildman–Crippen MR) is 137 cm³/mol. The molecule has 2 aromatic carbocycles. The Morgan fingerprint density at radius 3 is 2.56 bits per heavy atom. The average Bonchev–Trinajstić information content (AvgIpc) is 2.85. The van der Waals surface area contributed by atoms with Crippen LogP contribution in [0.2, 0.25) is 0 Å². The summed E-state index contributed by atoms with van der Waals surface area (Å²) >= 11 is 0. The Hall–Kier alpha value is -3.49. The lowest BCUT2D eigenvalue weighted by Gasteiger charge is -2.29. The summed E-state index contributed by atoms with van der Waals surface area (Å²) in [4.78, 5) is 24.2. The van der Waals surface area contributed by atoms with E-state index in [0.717, 1.165) is 37.1 Å². The first-order valence-corrected chi connectivity index (χ1v) is 11.1. The molecule has 176 valence electrons. The molecule has 1 saturated heterocycles. The zero-order chi connectivity index (χ0) is 22.8. The molecule has 5 rings (SSSR count). The number of benzene rings is 2. The smallest absolute Gasteiger partial charge is 0.260 e. The van der Waals surface area contributed by atoms with E-state index in [1.165, 1.54) is 6.07 Å². The maximum absolute atomic E-state index is 14.8. The maximum atomic E-state index is 14.8. The third kappa shape index (κ3) is 4.60. The first kappa shape index (κ1) is 23.7. The topological polar surface area (TPSA) is 75.1 Å². The van der Waals surface area contributed by atoms with Gasteiger partial charge in [-0.25, -0.2) is 9.37 Å². The number of halogens is 2. The van der Waals surface area contributed by atoms with Crippen molar-refractivity contribution in [3.05, 3.63) is 77.0 Å². The number of nitrogens with one attached hydrogen (secondary N) is 2. The van der Waals surface area contributed by atoms with Crippen LogP contribution in [0.15, 0.2) is 65.6 Å². The van der Waals surface area contributed by atoms with Crippen LogP contribution in [0.4, 0.5) is 21.7 Å². The minimum atomic E-state index is -0.291. The summed E-state index contributed by atoms with van der Waals surface area (Å²) < 4.78 is 16.4. The molecule has 1 aliphatic rings. The number of hydrogen-bond donors (Lipinski definition) is 2. The Balaban J connectivity index is 0.00000274. The molecule has 2 N–H and O–H groups in total. The molecule has 0 spiro atoms. The molecular formula is C25H26ClFN6O. The van der Waals surface area contributed by atoms with Crippen LogP contribution in [0.25, 0.3) is 22.2 Å². The molecule has 0 bridgehead atoms. The molecule has 9 heteroatoms. The highest BCUT2D eigenvalue weighted by Crippen LogP contribution is 2.25. The standard InChI is InChI=1S/C25H25FN6O.ClH/c1-2-32-23-18(14-20(24(32)33)17-6-4-3-5-7-17)16-28-25(30-23)29-19-8-9-22(21(26)15-19)31-12-10-27-11-13-31;/h3-9,14-16,27H,2,10-13H2,1H3,(H,28,29,30);1H. The van der Waals surface area contributed by atoms with Gasteiger partial charge in [0.2, 0.25) is 5.95 Å². The van der Waals surface area contributed by atoms with Crippen LogP contribution in [0.1, 0.15) is 6.92 Å². The van der Waals surface area contributed by atoms with E-state index in [2.05, 4.69) is 20.6 Å². The second kappa shape index (κ2) is 10.2.